The number of carbonyl (C=O) groups is 2. The lowest BCUT2D eigenvalue weighted by Crippen LogP contribution is -2.29. The van der Waals surface area contributed by atoms with E-state index < -0.39 is 11.8 Å². The number of ether oxygens (including phenoxy) is 3. The van der Waals surface area contributed by atoms with E-state index >= 15 is 0 Å². The van der Waals surface area contributed by atoms with Crippen molar-refractivity contribution in [3.8, 4) is 11.5 Å². The average Bonchev–Trinajstić information content (AvgIpc) is 3.72. The van der Waals surface area contributed by atoms with Crippen LogP contribution in [0.15, 0.2) is 90.5 Å². The molecular weight excluding hydrogens is 552 g/mol. The van der Waals surface area contributed by atoms with Crippen LogP contribution in [0.25, 0.3) is 16.6 Å². The number of carbonyl (C=O) groups excluding carboxylic acids is 2. The van der Waals surface area contributed by atoms with Gasteiger partial charge in [-0.15, -0.1) is 0 Å². The second kappa shape index (κ2) is 11.2. The van der Waals surface area contributed by atoms with Gasteiger partial charge in [0.2, 0.25) is 6.79 Å². The zero-order valence-electron chi connectivity index (χ0n) is 22.9. The van der Waals surface area contributed by atoms with Crippen LogP contribution in [0.4, 0.5) is 0 Å². The molecule has 1 N–H and O–H groups in total. The van der Waals surface area contributed by atoms with Crippen LogP contribution in [-0.2, 0) is 21.7 Å². The Morgan fingerprint density at radius 1 is 0.857 bits per heavy atom. The van der Waals surface area contributed by atoms with Gasteiger partial charge in [-0.1, -0.05) is 65.7 Å². The maximum absolute atomic E-state index is 13.2. The number of fused-ring (bicyclic) bond motifs is 2. The fourth-order valence-corrected chi connectivity index (χ4v) is 5.39. The van der Waals surface area contributed by atoms with Gasteiger partial charge in [0.25, 0.3) is 5.79 Å². The smallest absolute Gasteiger partial charge is 0.342 e. The maximum atomic E-state index is 13.2. The number of aryl methyl sites for hydroxylation is 2. The second-order valence-electron chi connectivity index (χ2n) is 10.1. The number of esters is 1. The summed E-state index contributed by atoms with van der Waals surface area (Å²) in [4.78, 5) is 23.3. The summed E-state index contributed by atoms with van der Waals surface area (Å²) < 4.78 is 25.1. The summed E-state index contributed by atoms with van der Waals surface area (Å²) in [6, 6.07) is 25.9. The van der Waals surface area contributed by atoms with Gasteiger partial charge in [-0.2, -0.15) is 8.75 Å². The highest BCUT2D eigenvalue weighted by atomic mass is 32.1. The molecule has 5 aromatic rings. The van der Waals surface area contributed by atoms with Gasteiger partial charge in [0, 0.05) is 23.1 Å². The third kappa shape index (κ3) is 5.27. The molecule has 1 unspecified atom stereocenters. The van der Waals surface area contributed by atoms with Gasteiger partial charge in [0.05, 0.1) is 17.3 Å². The molecule has 4 aromatic carbocycles. The molecule has 42 heavy (non-hydrogen) atoms. The lowest BCUT2D eigenvalue weighted by atomic mass is 9.87. The number of nitrogens with zero attached hydrogens (tertiary/aromatic N) is 2. The number of hydrogen-bond donors (Lipinski definition) is 1. The molecule has 0 amide bonds. The van der Waals surface area contributed by atoms with Crippen LogP contribution in [0.5, 0.6) is 11.5 Å². The van der Waals surface area contributed by atoms with Gasteiger partial charge >= 0.3 is 5.97 Å². The molecule has 2 aliphatic heterocycles. The molecule has 0 fully saturated rings. The molecule has 210 valence electrons. The van der Waals surface area contributed by atoms with E-state index in [1.54, 1.807) is 36.4 Å². The van der Waals surface area contributed by atoms with Crippen molar-refractivity contribution >= 4 is 40.6 Å². The van der Waals surface area contributed by atoms with Crippen LogP contribution in [0.2, 0.25) is 0 Å². The highest BCUT2D eigenvalue weighted by Crippen LogP contribution is 2.46. The van der Waals surface area contributed by atoms with Gasteiger partial charge in [0.1, 0.15) is 17.3 Å². The first-order chi connectivity index (χ1) is 20.3. The predicted molar refractivity (Wildman–Crippen MR) is 158 cm³/mol. The SMILES string of the molecule is Cc1ccc(C=O)cc1.Cc1ccc(CC2=C(c3ccc4c(c3)OCO4)C(=O)OC2(O)c2ccc3nsnc3c2)cc1. The summed E-state index contributed by atoms with van der Waals surface area (Å²) in [5.74, 6) is -1.38. The maximum Gasteiger partial charge on any atom is 0.342 e. The van der Waals surface area contributed by atoms with Gasteiger partial charge < -0.3 is 19.3 Å². The van der Waals surface area contributed by atoms with Crippen molar-refractivity contribution in [2.75, 3.05) is 6.79 Å². The minimum Gasteiger partial charge on any atom is -0.454 e. The average molecular weight is 579 g/mol. The van der Waals surface area contributed by atoms with Gasteiger partial charge in [0.15, 0.2) is 11.5 Å². The van der Waals surface area contributed by atoms with Crippen LogP contribution in [0.3, 0.4) is 0 Å². The molecule has 1 atom stereocenters. The standard InChI is InChI=1S/C25H18N2O5S.C8H8O/c1-14-2-4-15(5-3-14)10-18-23(16-6-9-21-22(11-16)31-13-30-21)24(28)32-25(18,29)17-7-8-19-20(12-17)27-33-26-19;1-7-2-4-8(6-9)5-3-7/h2-9,11-12,29H,10,13H2,1H3;2-6H,1H3. The monoisotopic (exact) mass is 578 g/mol. The third-order valence-corrected chi connectivity index (χ3v) is 7.73. The predicted octanol–water partition coefficient (Wildman–Crippen LogP) is 5.93. The molecule has 3 heterocycles. The summed E-state index contributed by atoms with van der Waals surface area (Å²) in [5, 5.41) is 11.8. The highest BCUT2D eigenvalue weighted by Gasteiger charge is 2.48. The third-order valence-electron chi connectivity index (χ3n) is 7.18. The summed E-state index contributed by atoms with van der Waals surface area (Å²) in [7, 11) is 0. The molecule has 9 heteroatoms. The number of aliphatic hydroxyl groups is 1. The topological polar surface area (TPSA) is 108 Å². The van der Waals surface area contributed by atoms with Crippen molar-refractivity contribution in [1.82, 2.24) is 8.75 Å². The molecule has 8 nitrogen and oxygen atoms in total. The molecule has 7 rings (SSSR count). The Morgan fingerprint density at radius 3 is 2.29 bits per heavy atom. The van der Waals surface area contributed by atoms with E-state index in [1.165, 1.54) is 5.56 Å². The molecule has 0 saturated carbocycles. The number of hydrogen-bond acceptors (Lipinski definition) is 9. The van der Waals surface area contributed by atoms with E-state index in [-0.39, 0.29) is 6.79 Å². The van der Waals surface area contributed by atoms with E-state index in [0.29, 0.717) is 45.7 Å². The Kier molecular flexibility index (Phi) is 7.28. The minimum atomic E-state index is -1.94. The van der Waals surface area contributed by atoms with Crippen LogP contribution < -0.4 is 9.47 Å². The number of rotatable bonds is 5. The highest BCUT2D eigenvalue weighted by molar-refractivity contribution is 7.00. The van der Waals surface area contributed by atoms with Crippen molar-refractivity contribution in [2.45, 2.75) is 26.1 Å². The van der Waals surface area contributed by atoms with Gasteiger partial charge in [-0.25, -0.2) is 4.79 Å². The Balaban J connectivity index is 0.000000302. The lowest BCUT2D eigenvalue weighted by molar-refractivity contribution is -0.185. The molecule has 1 aromatic heterocycles. The minimum absolute atomic E-state index is 0.129. The lowest BCUT2D eigenvalue weighted by Gasteiger charge is -2.25. The van der Waals surface area contributed by atoms with Crippen molar-refractivity contribution in [2.24, 2.45) is 0 Å². The summed E-state index contributed by atoms with van der Waals surface area (Å²) in [6.07, 6.45) is 1.17. The number of aldehydes is 1. The van der Waals surface area contributed by atoms with Crippen LogP contribution in [0, 0.1) is 13.8 Å². The van der Waals surface area contributed by atoms with Gasteiger partial charge in [-0.3, -0.25) is 4.79 Å². The van der Waals surface area contributed by atoms with Crippen molar-refractivity contribution in [3.63, 3.8) is 0 Å². The van der Waals surface area contributed by atoms with Crippen molar-refractivity contribution in [3.05, 3.63) is 124 Å². The second-order valence-corrected chi connectivity index (χ2v) is 10.6. The number of cyclic esters (lactones) is 1. The fourth-order valence-electron chi connectivity index (χ4n) is 4.87. The Hall–Kier alpha value is -4.86. The molecule has 0 radical (unpaired) electrons. The van der Waals surface area contributed by atoms with Gasteiger partial charge in [-0.05, 0) is 55.3 Å². The quantitative estimate of drug-likeness (QED) is 0.202. The Morgan fingerprint density at radius 2 is 1.55 bits per heavy atom. The number of benzene rings is 4. The molecule has 0 aliphatic carbocycles. The molecule has 0 bridgehead atoms. The Labute approximate surface area is 246 Å². The molecule has 0 spiro atoms. The van der Waals surface area contributed by atoms with E-state index in [1.807, 2.05) is 62.4 Å². The summed E-state index contributed by atoms with van der Waals surface area (Å²) in [6.45, 7) is 4.13. The molecule has 0 saturated heterocycles. The Bertz CT molecular complexity index is 1830. The summed E-state index contributed by atoms with van der Waals surface area (Å²) in [5.41, 5.74) is 7.13. The van der Waals surface area contributed by atoms with E-state index in [0.717, 1.165) is 40.2 Å². The first-order valence-corrected chi connectivity index (χ1v) is 14.0. The molecule has 2 aliphatic rings. The van der Waals surface area contributed by atoms with Crippen LogP contribution in [-0.4, -0.2) is 32.9 Å². The van der Waals surface area contributed by atoms with E-state index in [9.17, 15) is 14.7 Å². The molecular formula is C33H26N2O6S. The fraction of sp³-hybridized carbons (Fsp3) is 0.152. The van der Waals surface area contributed by atoms with E-state index in [2.05, 4.69) is 8.75 Å². The number of aromatic nitrogens is 2. The first kappa shape index (κ1) is 27.3. The van der Waals surface area contributed by atoms with Crippen molar-refractivity contribution < 1.29 is 28.9 Å². The summed E-state index contributed by atoms with van der Waals surface area (Å²) >= 11 is 1.09. The largest absolute Gasteiger partial charge is 0.454 e. The zero-order valence-corrected chi connectivity index (χ0v) is 23.7. The van der Waals surface area contributed by atoms with Crippen LogP contribution in [0.1, 0.15) is 38.2 Å². The van der Waals surface area contributed by atoms with Crippen LogP contribution >= 0.6 is 11.7 Å². The zero-order chi connectivity index (χ0) is 29.3. The normalized spacial score (nSPS) is 17.2. The van der Waals surface area contributed by atoms with Crippen molar-refractivity contribution in [1.29, 1.82) is 0 Å². The first-order valence-electron chi connectivity index (χ1n) is 13.2. The van der Waals surface area contributed by atoms with E-state index in [4.69, 9.17) is 14.2 Å².